The lowest BCUT2D eigenvalue weighted by atomic mass is 9.98. The maximum absolute atomic E-state index is 12.2. The van der Waals surface area contributed by atoms with E-state index in [1.54, 1.807) is 32.2 Å². The minimum absolute atomic E-state index is 0.108. The van der Waals surface area contributed by atoms with E-state index in [9.17, 15) is 9.59 Å². The molecule has 0 saturated carbocycles. The molecule has 0 bridgehead atoms. The van der Waals surface area contributed by atoms with Crippen molar-refractivity contribution in [2.45, 2.75) is 25.3 Å². The van der Waals surface area contributed by atoms with Crippen LogP contribution in [0.25, 0.3) is 0 Å². The number of hydrogen-bond donors (Lipinski definition) is 2. The molecule has 0 radical (unpaired) electrons. The summed E-state index contributed by atoms with van der Waals surface area (Å²) < 4.78 is 10.9. The van der Waals surface area contributed by atoms with Gasteiger partial charge in [0.15, 0.2) is 0 Å². The Morgan fingerprint density at radius 2 is 2.05 bits per heavy atom. The van der Waals surface area contributed by atoms with Crippen LogP contribution in [0.2, 0.25) is 0 Å². The molecule has 0 aromatic heterocycles. The Morgan fingerprint density at radius 3 is 2.59 bits per heavy atom. The molecule has 0 aliphatic rings. The molecule has 0 fully saturated rings. The number of benzene rings is 1. The van der Waals surface area contributed by atoms with Gasteiger partial charge in [0.1, 0.15) is 5.75 Å². The summed E-state index contributed by atoms with van der Waals surface area (Å²) in [5.41, 5.74) is -0.199. The number of carboxylic acid groups (broad SMARTS) is 1. The van der Waals surface area contributed by atoms with E-state index in [4.69, 9.17) is 14.6 Å². The van der Waals surface area contributed by atoms with Crippen molar-refractivity contribution in [2.24, 2.45) is 0 Å². The highest BCUT2D eigenvalue weighted by molar-refractivity contribution is 9.10. The highest BCUT2D eigenvalue weighted by Crippen LogP contribution is 2.23. The maximum atomic E-state index is 12.2. The number of carbonyl (C=O) groups is 2. The number of halogens is 1. The van der Waals surface area contributed by atoms with Crippen LogP contribution in [0.3, 0.4) is 0 Å². The summed E-state index contributed by atoms with van der Waals surface area (Å²) in [5.74, 6) is -0.631. The van der Waals surface area contributed by atoms with Gasteiger partial charge in [-0.2, -0.15) is 0 Å². The van der Waals surface area contributed by atoms with E-state index in [1.807, 2.05) is 0 Å². The van der Waals surface area contributed by atoms with Crippen LogP contribution in [0, 0.1) is 0 Å². The van der Waals surface area contributed by atoms with E-state index in [0.29, 0.717) is 5.75 Å². The van der Waals surface area contributed by atoms with Crippen LogP contribution in [0.5, 0.6) is 5.75 Å². The van der Waals surface area contributed by atoms with Crippen LogP contribution in [0.1, 0.15) is 18.9 Å². The quantitative estimate of drug-likeness (QED) is 0.727. The predicted octanol–water partition coefficient (Wildman–Crippen LogP) is 2.00. The number of rotatable bonds is 8. The average molecular weight is 374 g/mol. The molecule has 0 spiro atoms. The van der Waals surface area contributed by atoms with Gasteiger partial charge in [-0.05, 0) is 30.7 Å². The molecule has 1 atom stereocenters. The summed E-state index contributed by atoms with van der Waals surface area (Å²) in [6.07, 6.45) is -0.109. The third-order valence-electron chi connectivity index (χ3n) is 3.05. The summed E-state index contributed by atoms with van der Waals surface area (Å²) in [4.78, 5) is 23.2. The van der Waals surface area contributed by atoms with Gasteiger partial charge < -0.3 is 19.9 Å². The Bertz CT molecular complexity index is 549. The van der Waals surface area contributed by atoms with Crippen molar-refractivity contribution in [1.82, 2.24) is 5.32 Å². The van der Waals surface area contributed by atoms with Gasteiger partial charge in [-0.15, -0.1) is 0 Å². The highest BCUT2D eigenvalue weighted by Gasteiger charge is 2.29. The van der Waals surface area contributed by atoms with E-state index in [-0.39, 0.29) is 25.4 Å². The first kappa shape index (κ1) is 18.4. The summed E-state index contributed by atoms with van der Waals surface area (Å²) in [5, 5.41) is 11.7. The van der Waals surface area contributed by atoms with Crippen LogP contribution in [0.4, 0.5) is 0 Å². The minimum Gasteiger partial charge on any atom is -0.497 e. The van der Waals surface area contributed by atoms with Crippen LogP contribution in [-0.2, 0) is 20.7 Å². The zero-order chi connectivity index (χ0) is 16.8. The highest BCUT2D eigenvalue weighted by atomic mass is 79.9. The smallest absolute Gasteiger partial charge is 0.305 e. The molecular formula is C15H20BrNO5. The molecule has 1 rings (SSSR count). The average Bonchev–Trinajstić information content (AvgIpc) is 2.40. The number of amides is 1. The third-order valence-corrected chi connectivity index (χ3v) is 3.82. The van der Waals surface area contributed by atoms with Gasteiger partial charge in [0, 0.05) is 11.6 Å². The molecular weight excluding hydrogens is 354 g/mol. The van der Waals surface area contributed by atoms with Crippen LogP contribution in [-0.4, -0.2) is 43.3 Å². The Morgan fingerprint density at radius 1 is 1.36 bits per heavy atom. The van der Waals surface area contributed by atoms with Crippen molar-refractivity contribution in [3.8, 4) is 5.75 Å². The first-order valence-electron chi connectivity index (χ1n) is 6.64. The number of aliphatic carboxylic acids is 1. The molecule has 6 nitrogen and oxygen atoms in total. The van der Waals surface area contributed by atoms with Gasteiger partial charge in [-0.1, -0.05) is 15.9 Å². The van der Waals surface area contributed by atoms with E-state index < -0.39 is 11.5 Å². The van der Waals surface area contributed by atoms with Crippen LogP contribution in [0.15, 0.2) is 22.7 Å². The Hall–Kier alpha value is -1.60. The fraction of sp³-hybridized carbons (Fsp3) is 0.467. The zero-order valence-corrected chi connectivity index (χ0v) is 14.4. The lowest BCUT2D eigenvalue weighted by Crippen LogP contribution is -2.51. The number of carbonyl (C=O) groups excluding carboxylic acids is 1. The van der Waals surface area contributed by atoms with Crippen molar-refractivity contribution in [3.05, 3.63) is 28.2 Å². The maximum Gasteiger partial charge on any atom is 0.305 e. The molecule has 122 valence electrons. The standard InChI is InChI=1S/C15H20BrNO5/c1-15(9-21-2,8-14(19)20)17-13(18)7-10-6-11(22-3)4-5-12(10)16/h4-6H,7-9H2,1-3H3,(H,17,18)(H,19,20). The van der Waals surface area contributed by atoms with Crippen molar-refractivity contribution in [3.63, 3.8) is 0 Å². The van der Waals surface area contributed by atoms with E-state index in [2.05, 4.69) is 21.2 Å². The molecule has 0 saturated heterocycles. The van der Waals surface area contributed by atoms with E-state index in [1.165, 1.54) is 7.11 Å². The second kappa shape index (κ2) is 8.14. The second-order valence-electron chi connectivity index (χ2n) is 5.25. The molecule has 1 aromatic carbocycles. The van der Waals surface area contributed by atoms with Crippen molar-refractivity contribution in [2.75, 3.05) is 20.8 Å². The molecule has 1 amide bonds. The molecule has 7 heteroatoms. The van der Waals surface area contributed by atoms with Gasteiger partial charge >= 0.3 is 5.97 Å². The van der Waals surface area contributed by atoms with Crippen molar-refractivity contribution < 1.29 is 24.2 Å². The Balaban J connectivity index is 2.81. The summed E-state index contributed by atoms with van der Waals surface area (Å²) >= 11 is 3.38. The van der Waals surface area contributed by atoms with Gasteiger partial charge in [0.2, 0.25) is 5.91 Å². The van der Waals surface area contributed by atoms with E-state index >= 15 is 0 Å². The van der Waals surface area contributed by atoms with Crippen LogP contribution < -0.4 is 10.1 Å². The van der Waals surface area contributed by atoms with Crippen molar-refractivity contribution in [1.29, 1.82) is 0 Å². The second-order valence-corrected chi connectivity index (χ2v) is 6.10. The molecule has 0 aliphatic heterocycles. The Kier molecular flexibility index (Phi) is 6.83. The third kappa shape index (κ3) is 5.65. The summed E-state index contributed by atoms with van der Waals surface area (Å²) in [6, 6.07) is 5.34. The van der Waals surface area contributed by atoms with Gasteiger partial charge in [0.05, 0.1) is 32.1 Å². The lowest BCUT2D eigenvalue weighted by molar-refractivity contribution is -0.139. The molecule has 1 aromatic rings. The number of nitrogens with one attached hydrogen (secondary N) is 1. The summed E-state index contributed by atoms with van der Waals surface area (Å²) in [6.45, 7) is 1.76. The van der Waals surface area contributed by atoms with Gasteiger partial charge in [-0.3, -0.25) is 9.59 Å². The molecule has 22 heavy (non-hydrogen) atoms. The fourth-order valence-electron chi connectivity index (χ4n) is 2.15. The number of methoxy groups -OCH3 is 2. The molecule has 1 unspecified atom stereocenters. The SMILES string of the molecule is COCC(C)(CC(=O)O)NC(=O)Cc1cc(OC)ccc1Br. The first-order chi connectivity index (χ1) is 10.3. The predicted molar refractivity (Wildman–Crippen MR) is 85.1 cm³/mol. The fourth-order valence-corrected chi connectivity index (χ4v) is 2.54. The number of ether oxygens (including phenoxy) is 2. The minimum atomic E-state index is -0.998. The number of hydrogen-bond acceptors (Lipinski definition) is 4. The molecule has 0 aliphatic carbocycles. The normalized spacial score (nSPS) is 13.3. The molecule has 2 N–H and O–H groups in total. The topological polar surface area (TPSA) is 84.9 Å². The largest absolute Gasteiger partial charge is 0.497 e. The lowest BCUT2D eigenvalue weighted by Gasteiger charge is -2.28. The summed E-state index contributed by atoms with van der Waals surface area (Å²) in [7, 11) is 3.01. The van der Waals surface area contributed by atoms with E-state index in [0.717, 1.165) is 10.0 Å². The monoisotopic (exact) mass is 373 g/mol. The number of carboxylic acids is 1. The van der Waals surface area contributed by atoms with Crippen molar-refractivity contribution >= 4 is 27.8 Å². The van der Waals surface area contributed by atoms with Gasteiger partial charge in [0.25, 0.3) is 0 Å². The molecule has 0 heterocycles. The van der Waals surface area contributed by atoms with Gasteiger partial charge in [-0.25, -0.2) is 0 Å². The van der Waals surface area contributed by atoms with Crippen LogP contribution >= 0.6 is 15.9 Å². The first-order valence-corrected chi connectivity index (χ1v) is 7.43. The zero-order valence-electron chi connectivity index (χ0n) is 12.8. The Labute approximate surface area is 137 Å².